The highest BCUT2D eigenvalue weighted by Crippen LogP contribution is 2.40. The summed E-state index contributed by atoms with van der Waals surface area (Å²) in [4.78, 5) is 0. The second kappa shape index (κ2) is 3.25. The van der Waals surface area contributed by atoms with Crippen LogP contribution in [0.15, 0.2) is 18.2 Å². The minimum atomic E-state index is 0.266. The first-order valence-electron chi connectivity index (χ1n) is 5.32. The summed E-state index contributed by atoms with van der Waals surface area (Å²) in [6.45, 7) is 1.06. The first kappa shape index (κ1) is 8.75. The van der Waals surface area contributed by atoms with Gasteiger partial charge in [0.2, 0.25) is 0 Å². The van der Waals surface area contributed by atoms with Gasteiger partial charge in [-0.3, -0.25) is 0 Å². The van der Waals surface area contributed by atoms with E-state index in [1.807, 2.05) is 18.2 Å². The molecule has 0 saturated carbocycles. The molecule has 3 nitrogen and oxygen atoms in total. The van der Waals surface area contributed by atoms with Crippen molar-refractivity contribution < 1.29 is 4.74 Å². The molecule has 2 unspecified atom stereocenters. The number of nitriles is 1. The summed E-state index contributed by atoms with van der Waals surface area (Å²) >= 11 is 0. The Morgan fingerprint density at radius 2 is 2.40 bits per heavy atom. The van der Waals surface area contributed by atoms with Crippen molar-refractivity contribution in [2.75, 3.05) is 6.54 Å². The molecule has 15 heavy (non-hydrogen) atoms. The Balaban J connectivity index is 2.01. The predicted molar refractivity (Wildman–Crippen MR) is 55.6 cm³/mol. The number of rotatable bonds is 0. The maximum atomic E-state index is 8.81. The lowest BCUT2D eigenvalue weighted by Gasteiger charge is -2.25. The zero-order valence-electron chi connectivity index (χ0n) is 8.36. The molecule has 3 heteroatoms. The van der Waals surface area contributed by atoms with Crippen LogP contribution in [0.3, 0.4) is 0 Å². The minimum Gasteiger partial charge on any atom is -0.488 e. The third-order valence-corrected chi connectivity index (χ3v) is 3.16. The number of nitrogens with one attached hydrogen (secondary N) is 1. The minimum absolute atomic E-state index is 0.266. The first-order chi connectivity index (χ1) is 7.38. The zero-order chi connectivity index (χ0) is 10.3. The Morgan fingerprint density at radius 3 is 3.27 bits per heavy atom. The van der Waals surface area contributed by atoms with Gasteiger partial charge in [-0.15, -0.1) is 0 Å². The van der Waals surface area contributed by atoms with Crippen LogP contribution in [0.2, 0.25) is 0 Å². The van der Waals surface area contributed by atoms with Crippen molar-refractivity contribution in [1.29, 1.82) is 5.26 Å². The molecule has 2 atom stereocenters. The fraction of sp³-hybridized carbons (Fsp3) is 0.417. The predicted octanol–water partition coefficient (Wildman–Crippen LogP) is 1.74. The molecule has 0 amide bonds. The van der Waals surface area contributed by atoms with Crippen LogP contribution in [0, 0.1) is 11.3 Å². The Morgan fingerprint density at radius 1 is 1.47 bits per heavy atom. The zero-order valence-corrected chi connectivity index (χ0v) is 8.36. The van der Waals surface area contributed by atoms with Gasteiger partial charge in [-0.05, 0) is 31.5 Å². The summed E-state index contributed by atoms with van der Waals surface area (Å²) in [5.74, 6) is 0.887. The van der Waals surface area contributed by atoms with Crippen molar-refractivity contribution in [3.63, 3.8) is 0 Å². The molecular formula is C12H12N2O. The standard InChI is InChI=1S/C12H12N2O/c13-7-8-3-4-9-11(6-8)15-10-2-1-5-14-12(9)10/h3-4,6,10,12,14H,1-2,5H2. The van der Waals surface area contributed by atoms with Crippen molar-refractivity contribution in [3.8, 4) is 11.8 Å². The topological polar surface area (TPSA) is 45.0 Å². The van der Waals surface area contributed by atoms with Crippen LogP contribution in [0.25, 0.3) is 0 Å². The van der Waals surface area contributed by atoms with Gasteiger partial charge in [0, 0.05) is 5.56 Å². The molecule has 1 saturated heterocycles. The molecule has 0 aliphatic carbocycles. The lowest BCUT2D eigenvalue weighted by atomic mass is 9.96. The molecule has 1 N–H and O–H groups in total. The summed E-state index contributed by atoms with van der Waals surface area (Å²) in [6.07, 6.45) is 2.54. The summed E-state index contributed by atoms with van der Waals surface area (Å²) in [5.41, 5.74) is 1.88. The Hall–Kier alpha value is -1.53. The molecule has 2 aliphatic heterocycles. The van der Waals surface area contributed by atoms with Crippen LogP contribution in [-0.4, -0.2) is 12.6 Å². The van der Waals surface area contributed by atoms with Crippen LogP contribution in [0.4, 0.5) is 0 Å². The van der Waals surface area contributed by atoms with E-state index in [1.165, 1.54) is 12.0 Å². The summed E-state index contributed by atoms with van der Waals surface area (Å²) < 4.78 is 5.84. The van der Waals surface area contributed by atoms with Gasteiger partial charge in [0.05, 0.1) is 17.7 Å². The van der Waals surface area contributed by atoms with E-state index in [9.17, 15) is 0 Å². The van der Waals surface area contributed by atoms with E-state index in [0.29, 0.717) is 11.6 Å². The van der Waals surface area contributed by atoms with E-state index in [2.05, 4.69) is 11.4 Å². The molecule has 1 aromatic rings. The summed E-state index contributed by atoms with van der Waals surface area (Å²) in [5, 5.41) is 12.3. The highest BCUT2D eigenvalue weighted by Gasteiger charge is 2.35. The average molecular weight is 200 g/mol. The van der Waals surface area contributed by atoms with Crippen LogP contribution < -0.4 is 10.1 Å². The van der Waals surface area contributed by atoms with Crippen molar-refractivity contribution in [2.24, 2.45) is 0 Å². The van der Waals surface area contributed by atoms with Crippen LogP contribution >= 0.6 is 0 Å². The average Bonchev–Trinajstić information content (AvgIpc) is 2.66. The van der Waals surface area contributed by atoms with Crippen LogP contribution in [-0.2, 0) is 0 Å². The molecule has 76 valence electrons. The van der Waals surface area contributed by atoms with Gasteiger partial charge in [-0.2, -0.15) is 5.26 Å². The highest BCUT2D eigenvalue weighted by atomic mass is 16.5. The molecule has 0 bridgehead atoms. The third kappa shape index (κ3) is 1.30. The second-order valence-electron chi connectivity index (χ2n) is 4.09. The second-order valence-corrected chi connectivity index (χ2v) is 4.09. The monoisotopic (exact) mass is 200 g/mol. The quantitative estimate of drug-likeness (QED) is 0.693. The van der Waals surface area contributed by atoms with Gasteiger partial charge < -0.3 is 10.1 Å². The number of nitrogens with zero attached hydrogens (tertiary/aromatic N) is 1. The third-order valence-electron chi connectivity index (χ3n) is 3.16. The molecule has 2 heterocycles. The summed E-state index contributed by atoms with van der Waals surface area (Å²) in [6, 6.07) is 8.19. The van der Waals surface area contributed by atoms with Gasteiger partial charge >= 0.3 is 0 Å². The van der Waals surface area contributed by atoms with Gasteiger partial charge in [-0.25, -0.2) is 0 Å². The van der Waals surface area contributed by atoms with Crippen molar-refractivity contribution in [3.05, 3.63) is 29.3 Å². The van der Waals surface area contributed by atoms with Gasteiger partial charge in [0.15, 0.2) is 0 Å². The molecule has 0 aromatic heterocycles. The van der Waals surface area contributed by atoms with Crippen molar-refractivity contribution >= 4 is 0 Å². The lowest BCUT2D eigenvalue weighted by molar-refractivity contribution is 0.154. The SMILES string of the molecule is N#Cc1ccc2c(c1)OC1CCCNC21. The molecular weight excluding hydrogens is 188 g/mol. The number of hydrogen-bond donors (Lipinski definition) is 1. The fourth-order valence-corrected chi connectivity index (χ4v) is 2.42. The van der Waals surface area contributed by atoms with E-state index in [4.69, 9.17) is 10.00 Å². The first-order valence-corrected chi connectivity index (χ1v) is 5.32. The Bertz CT molecular complexity index is 436. The molecule has 0 radical (unpaired) electrons. The molecule has 1 aromatic carbocycles. The number of fused-ring (bicyclic) bond motifs is 3. The number of benzene rings is 1. The summed E-state index contributed by atoms with van der Waals surface area (Å²) in [7, 11) is 0. The van der Waals surface area contributed by atoms with Gasteiger partial charge in [0.25, 0.3) is 0 Å². The smallest absolute Gasteiger partial charge is 0.126 e. The Kier molecular flexibility index (Phi) is 1.90. The number of hydrogen-bond acceptors (Lipinski definition) is 3. The molecule has 0 spiro atoms. The normalized spacial score (nSPS) is 27.4. The fourth-order valence-electron chi connectivity index (χ4n) is 2.42. The highest BCUT2D eigenvalue weighted by molar-refractivity contribution is 5.47. The molecule has 1 fully saturated rings. The van der Waals surface area contributed by atoms with Crippen molar-refractivity contribution in [1.82, 2.24) is 5.32 Å². The number of piperidine rings is 1. The van der Waals surface area contributed by atoms with Crippen LogP contribution in [0.5, 0.6) is 5.75 Å². The number of ether oxygens (including phenoxy) is 1. The maximum Gasteiger partial charge on any atom is 0.126 e. The molecule has 3 rings (SSSR count). The van der Waals surface area contributed by atoms with E-state index in [0.717, 1.165) is 18.7 Å². The van der Waals surface area contributed by atoms with E-state index >= 15 is 0 Å². The largest absolute Gasteiger partial charge is 0.488 e. The maximum absolute atomic E-state index is 8.81. The van der Waals surface area contributed by atoms with E-state index in [-0.39, 0.29) is 6.10 Å². The van der Waals surface area contributed by atoms with E-state index < -0.39 is 0 Å². The van der Waals surface area contributed by atoms with Crippen LogP contribution in [0.1, 0.15) is 30.0 Å². The lowest BCUT2D eigenvalue weighted by Crippen LogP contribution is -2.36. The van der Waals surface area contributed by atoms with E-state index in [1.54, 1.807) is 0 Å². The van der Waals surface area contributed by atoms with Crippen molar-refractivity contribution in [2.45, 2.75) is 25.0 Å². The van der Waals surface area contributed by atoms with Gasteiger partial charge in [-0.1, -0.05) is 6.07 Å². The van der Waals surface area contributed by atoms with Gasteiger partial charge in [0.1, 0.15) is 11.9 Å². The Labute approximate surface area is 88.7 Å². The molecule has 2 aliphatic rings.